The number of nitrogen functional groups attached to an aromatic ring is 1. The summed E-state index contributed by atoms with van der Waals surface area (Å²) >= 11 is 6.04. The SMILES string of the molecule is Cc1ccc(OCc2ccccc2Cl)cc1N. The highest BCUT2D eigenvalue weighted by molar-refractivity contribution is 6.31. The van der Waals surface area contributed by atoms with Crippen LogP contribution < -0.4 is 10.5 Å². The monoisotopic (exact) mass is 247 g/mol. The second kappa shape index (κ2) is 5.11. The van der Waals surface area contributed by atoms with E-state index >= 15 is 0 Å². The zero-order valence-corrected chi connectivity index (χ0v) is 10.4. The van der Waals surface area contributed by atoms with E-state index in [0.717, 1.165) is 22.6 Å². The highest BCUT2D eigenvalue weighted by Crippen LogP contribution is 2.21. The molecule has 0 atom stereocenters. The number of halogens is 1. The molecule has 0 saturated heterocycles. The molecule has 3 heteroatoms. The summed E-state index contributed by atoms with van der Waals surface area (Å²) in [4.78, 5) is 0. The molecule has 0 fully saturated rings. The third-order valence-corrected chi connectivity index (χ3v) is 2.97. The van der Waals surface area contributed by atoms with Gasteiger partial charge in [-0.05, 0) is 24.6 Å². The second-order valence-corrected chi connectivity index (χ2v) is 4.31. The van der Waals surface area contributed by atoms with Crippen molar-refractivity contribution in [3.05, 3.63) is 58.6 Å². The normalized spacial score (nSPS) is 10.2. The largest absolute Gasteiger partial charge is 0.489 e. The van der Waals surface area contributed by atoms with Gasteiger partial charge >= 0.3 is 0 Å². The lowest BCUT2D eigenvalue weighted by molar-refractivity contribution is 0.306. The first-order valence-corrected chi connectivity index (χ1v) is 5.77. The van der Waals surface area contributed by atoms with Gasteiger partial charge in [0.15, 0.2) is 0 Å². The molecule has 0 aromatic heterocycles. The predicted octanol–water partition coefficient (Wildman–Crippen LogP) is 3.81. The zero-order chi connectivity index (χ0) is 12.3. The highest BCUT2D eigenvalue weighted by atomic mass is 35.5. The Kier molecular flexibility index (Phi) is 3.55. The first-order valence-electron chi connectivity index (χ1n) is 5.39. The Balaban J connectivity index is 2.08. The molecule has 0 aliphatic carbocycles. The average molecular weight is 248 g/mol. The van der Waals surface area contributed by atoms with Gasteiger partial charge < -0.3 is 10.5 Å². The van der Waals surface area contributed by atoms with Crippen LogP contribution in [0.25, 0.3) is 0 Å². The van der Waals surface area contributed by atoms with Gasteiger partial charge in [-0.1, -0.05) is 35.9 Å². The lowest BCUT2D eigenvalue weighted by Crippen LogP contribution is -1.97. The van der Waals surface area contributed by atoms with Gasteiger partial charge in [0, 0.05) is 22.3 Å². The lowest BCUT2D eigenvalue weighted by atomic mass is 10.2. The van der Waals surface area contributed by atoms with Crippen molar-refractivity contribution in [1.82, 2.24) is 0 Å². The van der Waals surface area contributed by atoms with Crippen molar-refractivity contribution in [3.8, 4) is 5.75 Å². The average Bonchev–Trinajstić information content (AvgIpc) is 2.32. The molecule has 0 unspecified atom stereocenters. The summed E-state index contributed by atoms with van der Waals surface area (Å²) in [5, 5.41) is 0.715. The van der Waals surface area contributed by atoms with Crippen molar-refractivity contribution in [2.75, 3.05) is 5.73 Å². The van der Waals surface area contributed by atoms with E-state index in [9.17, 15) is 0 Å². The molecule has 0 aliphatic rings. The van der Waals surface area contributed by atoms with Crippen molar-refractivity contribution in [1.29, 1.82) is 0 Å². The fourth-order valence-electron chi connectivity index (χ4n) is 1.48. The summed E-state index contributed by atoms with van der Waals surface area (Å²) in [7, 11) is 0. The number of aryl methyl sites for hydroxylation is 1. The molecular weight excluding hydrogens is 234 g/mol. The van der Waals surface area contributed by atoms with E-state index < -0.39 is 0 Å². The Hall–Kier alpha value is -1.67. The van der Waals surface area contributed by atoms with E-state index in [4.69, 9.17) is 22.1 Å². The minimum absolute atomic E-state index is 0.447. The van der Waals surface area contributed by atoms with Gasteiger partial charge in [-0.2, -0.15) is 0 Å². The first-order chi connectivity index (χ1) is 8.16. The molecule has 2 aromatic rings. The van der Waals surface area contributed by atoms with Gasteiger partial charge in [0.1, 0.15) is 12.4 Å². The molecule has 0 amide bonds. The highest BCUT2D eigenvalue weighted by Gasteiger charge is 2.01. The Labute approximate surface area is 106 Å². The van der Waals surface area contributed by atoms with Crippen LogP contribution >= 0.6 is 11.6 Å². The summed E-state index contributed by atoms with van der Waals surface area (Å²) in [5.74, 6) is 0.757. The van der Waals surface area contributed by atoms with Crippen LogP contribution in [0.2, 0.25) is 5.02 Å². The van der Waals surface area contributed by atoms with Crippen LogP contribution in [-0.2, 0) is 6.61 Å². The Morgan fingerprint density at radius 2 is 1.94 bits per heavy atom. The van der Waals surface area contributed by atoms with Crippen LogP contribution in [0.5, 0.6) is 5.75 Å². The number of nitrogens with two attached hydrogens (primary N) is 1. The second-order valence-electron chi connectivity index (χ2n) is 3.90. The molecule has 0 bridgehead atoms. The summed E-state index contributed by atoms with van der Waals surface area (Å²) in [6.07, 6.45) is 0. The van der Waals surface area contributed by atoms with E-state index in [-0.39, 0.29) is 0 Å². The Bertz CT molecular complexity index is 525. The summed E-state index contributed by atoms with van der Waals surface area (Å²) in [6.45, 7) is 2.41. The quantitative estimate of drug-likeness (QED) is 0.837. The number of rotatable bonds is 3. The van der Waals surface area contributed by atoms with Crippen molar-refractivity contribution in [3.63, 3.8) is 0 Å². The molecule has 88 valence electrons. The maximum Gasteiger partial charge on any atom is 0.121 e. The number of benzene rings is 2. The predicted molar refractivity (Wildman–Crippen MR) is 71.4 cm³/mol. The molecule has 2 nitrogen and oxygen atoms in total. The van der Waals surface area contributed by atoms with E-state index in [2.05, 4.69) is 0 Å². The Morgan fingerprint density at radius 3 is 2.65 bits per heavy atom. The van der Waals surface area contributed by atoms with Crippen molar-refractivity contribution < 1.29 is 4.74 Å². The topological polar surface area (TPSA) is 35.2 Å². The maximum absolute atomic E-state index is 6.04. The third-order valence-electron chi connectivity index (χ3n) is 2.60. The lowest BCUT2D eigenvalue weighted by Gasteiger charge is -2.09. The zero-order valence-electron chi connectivity index (χ0n) is 9.61. The summed E-state index contributed by atoms with van der Waals surface area (Å²) in [6, 6.07) is 13.3. The smallest absolute Gasteiger partial charge is 0.121 e. The van der Waals surface area contributed by atoms with Gasteiger partial charge in [0.2, 0.25) is 0 Å². The van der Waals surface area contributed by atoms with Crippen LogP contribution in [-0.4, -0.2) is 0 Å². The molecule has 0 heterocycles. The molecule has 2 aromatic carbocycles. The third kappa shape index (κ3) is 2.92. The Morgan fingerprint density at radius 1 is 1.18 bits per heavy atom. The number of anilines is 1. The van der Waals surface area contributed by atoms with E-state index in [1.54, 1.807) is 0 Å². The van der Waals surface area contributed by atoms with E-state index in [1.165, 1.54) is 0 Å². The van der Waals surface area contributed by atoms with Gasteiger partial charge in [-0.15, -0.1) is 0 Å². The van der Waals surface area contributed by atoms with Crippen LogP contribution in [0.4, 0.5) is 5.69 Å². The first kappa shape index (κ1) is 11.8. The molecule has 0 saturated carbocycles. The minimum Gasteiger partial charge on any atom is -0.489 e. The van der Waals surface area contributed by atoms with Gasteiger partial charge in [0.25, 0.3) is 0 Å². The molecule has 0 radical (unpaired) electrons. The van der Waals surface area contributed by atoms with Crippen molar-refractivity contribution in [2.45, 2.75) is 13.5 Å². The fraction of sp³-hybridized carbons (Fsp3) is 0.143. The van der Waals surface area contributed by atoms with Crippen LogP contribution in [0.3, 0.4) is 0 Å². The molecule has 0 aliphatic heterocycles. The standard InChI is InChI=1S/C14H14ClNO/c1-10-6-7-12(8-14(10)16)17-9-11-4-2-3-5-13(11)15/h2-8H,9,16H2,1H3. The molecule has 0 spiro atoms. The van der Waals surface area contributed by atoms with Crippen LogP contribution in [0.1, 0.15) is 11.1 Å². The van der Waals surface area contributed by atoms with Gasteiger partial charge in [-0.25, -0.2) is 0 Å². The molecule has 2 rings (SSSR count). The summed E-state index contributed by atoms with van der Waals surface area (Å²) in [5.41, 5.74) is 8.57. The van der Waals surface area contributed by atoms with Gasteiger partial charge in [0.05, 0.1) is 0 Å². The number of ether oxygens (including phenoxy) is 1. The molecule has 2 N–H and O–H groups in total. The summed E-state index contributed by atoms with van der Waals surface area (Å²) < 4.78 is 5.64. The number of hydrogen-bond donors (Lipinski definition) is 1. The number of hydrogen-bond acceptors (Lipinski definition) is 2. The fourth-order valence-corrected chi connectivity index (χ4v) is 1.68. The van der Waals surface area contributed by atoms with Crippen LogP contribution in [0, 0.1) is 6.92 Å². The van der Waals surface area contributed by atoms with Crippen molar-refractivity contribution in [2.24, 2.45) is 0 Å². The van der Waals surface area contributed by atoms with Crippen LogP contribution in [0.15, 0.2) is 42.5 Å². The van der Waals surface area contributed by atoms with E-state index in [0.29, 0.717) is 11.6 Å². The molecular formula is C14H14ClNO. The minimum atomic E-state index is 0.447. The van der Waals surface area contributed by atoms with E-state index in [1.807, 2.05) is 49.4 Å². The van der Waals surface area contributed by atoms with Gasteiger partial charge in [-0.3, -0.25) is 0 Å². The van der Waals surface area contributed by atoms with Crippen molar-refractivity contribution >= 4 is 17.3 Å². The molecule has 17 heavy (non-hydrogen) atoms. The maximum atomic E-state index is 6.04.